The molecule has 0 saturated carbocycles. The van der Waals surface area contributed by atoms with Crippen molar-refractivity contribution in [2.75, 3.05) is 6.61 Å². The Morgan fingerprint density at radius 1 is 1.40 bits per heavy atom. The van der Waals surface area contributed by atoms with Crippen LogP contribution in [-0.2, 0) is 7.05 Å². The lowest BCUT2D eigenvalue weighted by molar-refractivity contribution is 0.268. The molecule has 1 aromatic carbocycles. The van der Waals surface area contributed by atoms with Crippen LogP contribution in [-0.4, -0.2) is 16.3 Å². The minimum atomic E-state index is -0.295. The first-order valence-electron chi connectivity index (χ1n) is 5.07. The number of hydrogen-bond acceptors (Lipinski definition) is 2. The van der Waals surface area contributed by atoms with E-state index in [1.165, 1.54) is 0 Å². The van der Waals surface area contributed by atoms with E-state index in [9.17, 15) is 0 Å². The summed E-state index contributed by atoms with van der Waals surface area (Å²) in [5.74, 6) is 0. The van der Waals surface area contributed by atoms with Crippen molar-refractivity contribution >= 4 is 10.9 Å². The first kappa shape index (κ1) is 10.2. The standard InChI is InChI=1S/C12H16N2O/c1-8-12(10(13)7-15)9-5-3-4-6-11(9)14(8)2/h3-6,10,15H,7,13H2,1-2H3/t10-/m1/s1. The Bertz CT molecular complexity index is 488. The normalized spacial score (nSPS) is 13.3. The molecule has 0 unspecified atom stereocenters. The molecule has 0 saturated heterocycles. The second-order valence-corrected chi connectivity index (χ2v) is 3.86. The third-order valence-corrected chi connectivity index (χ3v) is 3.02. The molecule has 0 aliphatic rings. The summed E-state index contributed by atoms with van der Waals surface area (Å²) >= 11 is 0. The summed E-state index contributed by atoms with van der Waals surface area (Å²) in [4.78, 5) is 0. The minimum absolute atomic E-state index is 0.0190. The minimum Gasteiger partial charge on any atom is -0.394 e. The van der Waals surface area contributed by atoms with Gasteiger partial charge in [0.2, 0.25) is 0 Å². The fraction of sp³-hybridized carbons (Fsp3) is 0.333. The summed E-state index contributed by atoms with van der Waals surface area (Å²) in [6.45, 7) is 2.01. The Hall–Kier alpha value is -1.32. The summed E-state index contributed by atoms with van der Waals surface area (Å²) in [6.07, 6.45) is 0. The highest BCUT2D eigenvalue weighted by molar-refractivity contribution is 5.85. The van der Waals surface area contributed by atoms with Gasteiger partial charge >= 0.3 is 0 Å². The summed E-state index contributed by atoms with van der Waals surface area (Å²) in [5, 5.41) is 10.3. The van der Waals surface area contributed by atoms with Crippen LogP contribution in [0.3, 0.4) is 0 Å². The number of fused-ring (bicyclic) bond motifs is 1. The number of para-hydroxylation sites is 1. The fourth-order valence-corrected chi connectivity index (χ4v) is 2.11. The van der Waals surface area contributed by atoms with Gasteiger partial charge in [-0.25, -0.2) is 0 Å². The van der Waals surface area contributed by atoms with Crippen LogP contribution in [0.2, 0.25) is 0 Å². The van der Waals surface area contributed by atoms with Crippen molar-refractivity contribution in [1.82, 2.24) is 4.57 Å². The lowest BCUT2D eigenvalue weighted by atomic mass is 10.0. The monoisotopic (exact) mass is 204 g/mol. The van der Waals surface area contributed by atoms with E-state index in [0.717, 1.165) is 22.2 Å². The second-order valence-electron chi connectivity index (χ2n) is 3.86. The molecule has 2 aromatic rings. The molecule has 2 rings (SSSR count). The molecule has 0 aliphatic heterocycles. The molecule has 15 heavy (non-hydrogen) atoms. The fourth-order valence-electron chi connectivity index (χ4n) is 2.11. The average molecular weight is 204 g/mol. The third-order valence-electron chi connectivity index (χ3n) is 3.02. The summed E-state index contributed by atoms with van der Waals surface area (Å²) < 4.78 is 2.11. The number of hydrogen-bond donors (Lipinski definition) is 2. The molecule has 0 fully saturated rings. The van der Waals surface area contributed by atoms with Crippen molar-refractivity contribution in [3.05, 3.63) is 35.5 Å². The average Bonchev–Trinajstić information content (AvgIpc) is 2.52. The largest absolute Gasteiger partial charge is 0.394 e. The van der Waals surface area contributed by atoms with Crippen molar-refractivity contribution < 1.29 is 5.11 Å². The Kier molecular flexibility index (Phi) is 2.50. The Morgan fingerprint density at radius 2 is 2.07 bits per heavy atom. The molecule has 3 nitrogen and oxygen atoms in total. The molecule has 3 N–H and O–H groups in total. The lowest BCUT2D eigenvalue weighted by Crippen LogP contribution is -2.15. The Morgan fingerprint density at radius 3 is 2.73 bits per heavy atom. The Labute approximate surface area is 89.1 Å². The van der Waals surface area contributed by atoms with E-state index in [4.69, 9.17) is 10.8 Å². The maximum absolute atomic E-state index is 9.15. The molecule has 0 bridgehead atoms. The van der Waals surface area contributed by atoms with E-state index in [1.54, 1.807) is 0 Å². The molecule has 0 radical (unpaired) electrons. The van der Waals surface area contributed by atoms with E-state index in [-0.39, 0.29) is 12.6 Å². The van der Waals surface area contributed by atoms with E-state index in [2.05, 4.69) is 10.6 Å². The molecular weight excluding hydrogens is 188 g/mol. The predicted molar refractivity (Wildman–Crippen MR) is 61.7 cm³/mol. The van der Waals surface area contributed by atoms with Crippen LogP contribution in [0.15, 0.2) is 24.3 Å². The number of benzene rings is 1. The molecule has 0 amide bonds. The quantitative estimate of drug-likeness (QED) is 0.778. The predicted octanol–water partition coefficient (Wildman–Crippen LogP) is 1.48. The highest BCUT2D eigenvalue weighted by Gasteiger charge is 2.16. The Balaban J connectivity index is 2.77. The van der Waals surface area contributed by atoms with E-state index in [1.807, 2.05) is 32.2 Å². The maximum atomic E-state index is 9.15. The van der Waals surface area contributed by atoms with Crippen LogP contribution in [0, 0.1) is 6.92 Å². The number of nitrogens with two attached hydrogens (primary N) is 1. The topological polar surface area (TPSA) is 51.2 Å². The van der Waals surface area contributed by atoms with Crippen molar-refractivity contribution in [2.45, 2.75) is 13.0 Å². The molecule has 1 atom stereocenters. The zero-order chi connectivity index (χ0) is 11.0. The maximum Gasteiger partial charge on any atom is 0.0625 e. The zero-order valence-corrected chi connectivity index (χ0v) is 9.07. The molecule has 1 heterocycles. The summed E-state index contributed by atoms with van der Waals surface area (Å²) in [7, 11) is 2.02. The number of aromatic nitrogens is 1. The van der Waals surface area contributed by atoms with Gasteiger partial charge in [0.1, 0.15) is 0 Å². The van der Waals surface area contributed by atoms with Crippen molar-refractivity contribution in [2.24, 2.45) is 12.8 Å². The molecule has 3 heteroatoms. The molecule has 1 aromatic heterocycles. The van der Waals surface area contributed by atoms with Crippen LogP contribution >= 0.6 is 0 Å². The van der Waals surface area contributed by atoms with E-state index >= 15 is 0 Å². The van der Waals surface area contributed by atoms with Crippen LogP contribution in [0.25, 0.3) is 10.9 Å². The SMILES string of the molecule is Cc1c([C@H](N)CO)c2ccccc2n1C. The van der Waals surface area contributed by atoms with Gasteiger partial charge in [-0.1, -0.05) is 18.2 Å². The van der Waals surface area contributed by atoms with Crippen molar-refractivity contribution in [3.63, 3.8) is 0 Å². The number of aryl methyl sites for hydroxylation is 1. The number of rotatable bonds is 2. The lowest BCUT2D eigenvalue weighted by Gasteiger charge is -2.08. The number of aliphatic hydroxyl groups excluding tert-OH is 1. The van der Waals surface area contributed by atoms with Crippen molar-refractivity contribution in [1.29, 1.82) is 0 Å². The molecular formula is C12H16N2O. The summed E-state index contributed by atoms with van der Waals surface area (Å²) in [5.41, 5.74) is 9.25. The van der Waals surface area contributed by atoms with Crippen LogP contribution in [0.4, 0.5) is 0 Å². The van der Waals surface area contributed by atoms with Crippen LogP contribution < -0.4 is 5.73 Å². The van der Waals surface area contributed by atoms with Gasteiger partial charge in [-0.05, 0) is 18.6 Å². The zero-order valence-electron chi connectivity index (χ0n) is 9.07. The number of nitrogens with zero attached hydrogens (tertiary/aromatic N) is 1. The van der Waals surface area contributed by atoms with Gasteiger partial charge in [0.15, 0.2) is 0 Å². The molecule has 80 valence electrons. The van der Waals surface area contributed by atoms with Gasteiger partial charge < -0.3 is 15.4 Å². The van der Waals surface area contributed by atoms with Crippen molar-refractivity contribution in [3.8, 4) is 0 Å². The second kappa shape index (κ2) is 3.68. The molecule has 0 aliphatic carbocycles. The third kappa shape index (κ3) is 1.44. The van der Waals surface area contributed by atoms with Crippen LogP contribution in [0.1, 0.15) is 17.3 Å². The first-order chi connectivity index (χ1) is 7.16. The smallest absolute Gasteiger partial charge is 0.0625 e. The van der Waals surface area contributed by atoms with Crippen LogP contribution in [0.5, 0.6) is 0 Å². The van der Waals surface area contributed by atoms with Gasteiger partial charge in [-0.3, -0.25) is 0 Å². The van der Waals surface area contributed by atoms with Gasteiger partial charge in [-0.2, -0.15) is 0 Å². The highest BCUT2D eigenvalue weighted by Crippen LogP contribution is 2.28. The van der Waals surface area contributed by atoms with E-state index < -0.39 is 0 Å². The van der Waals surface area contributed by atoms with Gasteiger partial charge in [-0.15, -0.1) is 0 Å². The van der Waals surface area contributed by atoms with Gasteiger partial charge in [0.05, 0.1) is 12.6 Å². The van der Waals surface area contributed by atoms with E-state index in [0.29, 0.717) is 0 Å². The first-order valence-corrected chi connectivity index (χ1v) is 5.07. The van der Waals surface area contributed by atoms with Gasteiger partial charge in [0, 0.05) is 23.6 Å². The molecule has 0 spiro atoms. The van der Waals surface area contributed by atoms with Gasteiger partial charge in [0.25, 0.3) is 0 Å². The number of aliphatic hydroxyl groups is 1. The summed E-state index contributed by atoms with van der Waals surface area (Å²) in [6, 6.07) is 7.82. The highest BCUT2D eigenvalue weighted by atomic mass is 16.3.